The van der Waals surface area contributed by atoms with Gasteiger partial charge in [0.2, 0.25) is 0 Å². The monoisotopic (exact) mass is 259 g/mol. The van der Waals surface area contributed by atoms with Crippen molar-refractivity contribution >= 4 is 106 Å². The van der Waals surface area contributed by atoms with Crippen LogP contribution in [0.3, 0.4) is 0 Å². The van der Waals surface area contributed by atoms with Crippen molar-refractivity contribution in [3.63, 3.8) is 0 Å². The Kier molecular flexibility index (Phi) is 15.1. The van der Waals surface area contributed by atoms with Gasteiger partial charge in [-0.05, 0) is 0 Å². The van der Waals surface area contributed by atoms with Crippen molar-refractivity contribution in [2.75, 3.05) is 0 Å². The molecule has 0 nitrogen and oxygen atoms in total. The normalized spacial score (nSPS) is 7.15. The molecule has 0 amide bonds. The minimum Gasteiger partial charge on any atom is -0.171 e. The summed E-state index contributed by atoms with van der Waals surface area (Å²) in [6, 6.07) is 0. The molecule has 0 spiro atoms. The van der Waals surface area contributed by atoms with Gasteiger partial charge in [-0.25, -0.2) is 0 Å². The van der Waals surface area contributed by atoms with Crippen LogP contribution in [0, 0.1) is 0 Å². The molecule has 0 aromatic heterocycles. The molecule has 0 aliphatic heterocycles. The van der Waals surface area contributed by atoms with Crippen molar-refractivity contribution in [3.8, 4) is 0 Å². The molecule has 0 fully saturated rings. The fraction of sp³-hybridized carbons (Fsp3) is 0. The summed E-state index contributed by atoms with van der Waals surface area (Å²) >= 11 is 2.18. The highest BCUT2D eigenvalue weighted by molar-refractivity contribution is 14.1. The number of rotatable bonds is 10. The standard InChI is InChI=1S/B12I/c1-2-3-4-5-6-7-8-9-10-11-12-13. The first-order valence-electron chi connectivity index (χ1n) is 3.88. The molecule has 0 atom stereocenters. The van der Waals surface area contributed by atoms with Gasteiger partial charge in [0.1, 0.15) is 5.03 Å². The number of hydrogen-bond acceptors (Lipinski definition) is 0. The van der Waals surface area contributed by atoms with Gasteiger partial charge >= 0.3 is 0 Å². The molecule has 0 heterocycles. The van der Waals surface area contributed by atoms with Crippen LogP contribution in [0.15, 0.2) is 0 Å². The molecular formula is B12I. The third-order valence-corrected chi connectivity index (χ3v) is 1.49. The van der Waals surface area contributed by atoms with Gasteiger partial charge in [-0.15, -0.1) is 0 Å². The molecule has 0 saturated heterocycles. The average Bonchev–Trinajstić information content (AvgIpc) is 2.16. The maximum absolute atomic E-state index is 5.14. The van der Waals surface area contributed by atoms with Crippen molar-refractivity contribution < 1.29 is 0 Å². The van der Waals surface area contributed by atoms with E-state index in [0.29, 0.717) is 0 Å². The van der Waals surface area contributed by atoms with Crippen LogP contribution >= 0.6 is 22.4 Å². The second-order valence-electron chi connectivity index (χ2n) is 2.05. The molecule has 0 aromatic carbocycles. The van der Waals surface area contributed by atoms with Gasteiger partial charge in [-0.1, -0.05) is 0 Å². The fourth-order valence-corrected chi connectivity index (χ4v) is 0.795. The first kappa shape index (κ1) is 14.5. The number of hydrogen-bond donors (Lipinski definition) is 0. The lowest BCUT2D eigenvalue weighted by molar-refractivity contribution is 3.81. The van der Waals surface area contributed by atoms with Gasteiger partial charge < -0.3 is 0 Å². The smallest absolute Gasteiger partial charge is 0.143 e. The summed E-state index contributed by atoms with van der Waals surface area (Å²) in [7, 11) is 24.0. The molecule has 0 rings (SSSR count). The summed E-state index contributed by atoms with van der Waals surface area (Å²) in [6.45, 7) is 0. The third-order valence-electron chi connectivity index (χ3n) is 1.07. The molecule has 0 bridgehead atoms. The van der Waals surface area contributed by atoms with Gasteiger partial charge in [-0.3, -0.25) is 0 Å². The third kappa shape index (κ3) is 13.5. The van der Waals surface area contributed by atoms with Crippen LogP contribution in [0.25, 0.3) is 0 Å². The predicted molar refractivity (Wildman–Crippen MR) is 83.1 cm³/mol. The van der Waals surface area contributed by atoms with Crippen LogP contribution in [-0.4, -0.2) is 83.4 Å². The Bertz CT molecular complexity index is 71.2. The first-order chi connectivity index (χ1) is 6.41. The molecule has 13 radical (unpaired) electrons. The highest BCUT2D eigenvalue weighted by Gasteiger charge is 1.96. The largest absolute Gasteiger partial charge is 0.171 e. The summed E-state index contributed by atoms with van der Waals surface area (Å²) in [4.78, 5) is 0. The van der Waals surface area contributed by atoms with E-state index in [9.17, 15) is 0 Å². The SMILES string of the molecule is [B][B][B][B][B][B][B][B][B][B][B][B]I. The van der Waals surface area contributed by atoms with Crippen LogP contribution in [0.4, 0.5) is 0 Å². The predicted octanol–water partition coefficient (Wildman–Crippen LogP) is -3.68. The lowest BCUT2D eigenvalue weighted by Crippen LogP contribution is -2.33. The maximum atomic E-state index is 5.14. The Morgan fingerprint density at radius 2 is 1.00 bits per heavy atom. The molecule has 0 aromatic rings. The Hall–Kier alpha value is 1.51. The molecule has 0 saturated carbocycles. The van der Waals surface area contributed by atoms with Gasteiger partial charge in [-0.2, -0.15) is 22.4 Å². The van der Waals surface area contributed by atoms with E-state index in [0.717, 1.165) is 0 Å². The zero-order valence-corrected chi connectivity index (χ0v) is 9.46. The molecular weight excluding hydrogens is 257 g/mol. The molecule has 43 valence electrons. The highest BCUT2D eigenvalue weighted by Crippen LogP contribution is 1.68. The molecule has 0 unspecified atom stereocenters. The second kappa shape index (κ2) is 13.5. The second-order valence-corrected chi connectivity index (χ2v) is 2.77. The van der Waals surface area contributed by atoms with E-state index in [1.807, 2.05) is 61.5 Å². The minimum atomic E-state index is 1.50. The number of halogens is 1. The van der Waals surface area contributed by atoms with Crippen molar-refractivity contribution in [3.05, 3.63) is 0 Å². The van der Waals surface area contributed by atoms with Crippen LogP contribution in [0.5, 0.6) is 0 Å². The molecule has 0 aliphatic rings. The fourth-order valence-electron chi connectivity index (χ4n) is 0.555. The van der Waals surface area contributed by atoms with Crippen LogP contribution < -0.4 is 0 Å². The van der Waals surface area contributed by atoms with E-state index in [2.05, 4.69) is 22.4 Å². The van der Waals surface area contributed by atoms with Crippen LogP contribution in [0.2, 0.25) is 0 Å². The zero-order valence-electron chi connectivity index (χ0n) is 7.31. The Morgan fingerprint density at radius 3 is 1.38 bits per heavy atom. The lowest BCUT2D eigenvalue weighted by Gasteiger charge is -1.95. The molecule has 13 heteroatoms. The minimum absolute atomic E-state index is 1.50. The van der Waals surface area contributed by atoms with E-state index in [4.69, 9.17) is 7.74 Å². The quantitative estimate of drug-likeness (QED) is 0.215. The van der Waals surface area contributed by atoms with Crippen LogP contribution in [-0.2, 0) is 0 Å². The van der Waals surface area contributed by atoms with Gasteiger partial charge in [0.15, 0.2) is 0 Å². The van der Waals surface area contributed by atoms with Crippen molar-refractivity contribution in [1.82, 2.24) is 0 Å². The molecule has 0 aliphatic carbocycles. The Balaban J connectivity index is 2.76. The molecule has 0 N–H and O–H groups in total. The van der Waals surface area contributed by atoms with Crippen molar-refractivity contribution in [2.24, 2.45) is 0 Å². The van der Waals surface area contributed by atoms with Crippen molar-refractivity contribution in [2.45, 2.75) is 0 Å². The summed E-state index contributed by atoms with van der Waals surface area (Å²) in [5.74, 6) is 0. The lowest BCUT2D eigenvalue weighted by atomic mass is 8.87. The van der Waals surface area contributed by atoms with E-state index in [-0.39, 0.29) is 0 Å². The average molecular weight is 257 g/mol. The first-order valence-corrected chi connectivity index (χ1v) is 5.13. The van der Waals surface area contributed by atoms with Gasteiger partial charge in [0.05, 0.1) is 0 Å². The van der Waals surface area contributed by atoms with E-state index >= 15 is 0 Å². The maximum Gasteiger partial charge on any atom is 0.143 e. The summed E-state index contributed by atoms with van der Waals surface area (Å²) in [5.41, 5.74) is 0. The van der Waals surface area contributed by atoms with Crippen LogP contribution in [0.1, 0.15) is 0 Å². The summed E-state index contributed by atoms with van der Waals surface area (Å²) in [5, 5.41) is 1.96. The zero-order chi connectivity index (χ0) is 9.78. The topological polar surface area (TPSA) is 0 Å². The van der Waals surface area contributed by atoms with E-state index < -0.39 is 0 Å². The Labute approximate surface area is 105 Å². The van der Waals surface area contributed by atoms with Crippen molar-refractivity contribution in [1.29, 1.82) is 0 Å². The summed E-state index contributed by atoms with van der Waals surface area (Å²) in [6.07, 6.45) is 0. The van der Waals surface area contributed by atoms with E-state index in [1.165, 1.54) is 7.06 Å². The van der Waals surface area contributed by atoms with E-state index in [1.54, 1.807) is 7.06 Å². The molecule has 13 heavy (non-hydrogen) atoms. The van der Waals surface area contributed by atoms with Gasteiger partial charge in [0.25, 0.3) is 0 Å². The Morgan fingerprint density at radius 1 is 0.615 bits per heavy atom. The summed E-state index contributed by atoms with van der Waals surface area (Å²) < 4.78 is 0. The van der Waals surface area contributed by atoms with Gasteiger partial charge in [0, 0.05) is 78.3 Å². The highest BCUT2D eigenvalue weighted by atomic mass is 127.